The summed E-state index contributed by atoms with van der Waals surface area (Å²) in [7, 11) is 0. The summed E-state index contributed by atoms with van der Waals surface area (Å²) in [5, 5.41) is 3.33. The van der Waals surface area contributed by atoms with E-state index in [-0.39, 0.29) is 17.7 Å². The zero-order chi connectivity index (χ0) is 22.5. The Hall–Kier alpha value is -3.21. The minimum atomic E-state index is -0.474. The Balaban J connectivity index is 1.79. The van der Waals surface area contributed by atoms with E-state index >= 15 is 0 Å². The van der Waals surface area contributed by atoms with Gasteiger partial charge in [-0.15, -0.1) is 0 Å². The van der Waals surface area contributed by atoms with Crippen LogP contribution in [0.5, 0.6) is 0 Å². The van der Waals surface area contributed by atoms with Gasteiger partial charge in [-0.2, -0.15) is 0 Å². The number of rotatable bonds is 3. The Kier molecular flexibility index (Phi) is 6.84. The van der Waals surface area contributed by atoms with Gasteiger partial charge < -0.3 is 10.1 Å². The molecule has 0 fully saturated rings. The molecule has 3 aromatic rings. The third-order valence-electron chi connectivity index (χ3n) is 6.01. The molecule has 32 heavy (non-hydrogen) atoms. The molecule has 2 atom stereocenters. The molecule has 4 nitrogen and oxygen atoms in total. The second-order valence-corrected chi connectivity index (χ2v) is 8.36. The van der Waals surface area contributed by atoms with Gasteiger partial charge in [0.2, 0.25) is 0 Å². The number of anilines is 1. The van der Waals surface area contributed by atoms with Gasteiger partial charge in [0.05, 0.1) is 6.61 Å². The summed E-state index contributed by atoms with van der Waals surface area (Å²) in [5.41, 5.74) is 5.69. The first-order valence-corrected chi connectivity index (χ1v) is 11.3. The van der Waals surface area contributed by atoms with Crippen molar-refractivity contribution in [3.8, 4) is 11.1 Å². The second-order valence-electron chi connectivity index (χ2n) is 8.36. The average molecular weight is 433 g/mol. The molecule has 0 saturated heterocycles. The van der Waals surface area contributed by atoms with E-state index in [1.807, 2.05) is 25.3 Å². The van der Waals surface area contributed by atoms with E-state index in [1.165, 1.54) is 12.1 Å². The van der Waals surface area contributed by atoms with Crippen molar-refractivity contribution in [2.24, 2.45) is 0 Å². The number of hydrogen-bond donors (Lipinski definition) is 1. The van der Waals surface area contributed by atoms with E-state index in [0.29, 0.717) is 13.0 Å². The zero-order valence-electron chi connectivity index (χ0n) is 18.6. The number of halogens is 1. The zero-order valence-corrected chi connectivity index (χ0v) is 18.6. The largest absolute Gasteiger partial charge is 0.464 e. The monoisotopic (exact) mass is 432 g/mol. The highest BCUT2D eigenvalue weighted by Crippen LogP contribution is 2.36. The number of nitrogens with zero attached hydrogens (tertiary/aromatic N) is 1. The summed E-state index contributed by atoms with van der Waals surface area (Å²) in [5.74, 6) is -0.446. The molecule has 0 spiro atoms. The molecule has 2 aromatic carbocycles. The summed E-state index contributed by atoms with van der Waals surface area (Å²) >= 11 is 0. The van der Waals surface area contributed by atoms with Crippen LogP contribution in [0.2, 0.25) is 0 Å². The number of carbonyl (C=O) groups excluding carboxylic acids is 1. The summed E-state index contributed by atoms with van der Waals surface area (Å²) in [4.78, 5) is 17.3. The van der Waals surface area contributed by atoms with Crippen LogP contribution in [0.4, 0.5) is 10.1 Å². The Morgan fingerprint density at radius 3 is 2.75 bits per heavy atom. The van der Waals surface area contributed by atoms with E-state index in [2.05, 4.69) is 29.6 Å². The molecule has 2 bridgehead atoms. The van der Waals surface area contributed by atoms with Gasteiger partial charge in [-0.25, -0.2) is 9.18 Å². The van der Waals surface area contributed by atoms with Crippen LogP contribution >= 0.6 is 0 Å². The van der Waals surface area contributed by atoms with Crippen molar-refractivity contribution in [2.75, 3.05) is 11.9 Å². The molecular weight excluding hydrogens is 403 g/mol. The van der Waals surface area contributed by atoms with Crippen LogP contribution in [-0.2, 0) is 9.53 Å². The number of esters is 1. The van der Waals surface area contributed by atoms with Crippen molar-refractivity contribution in [3.05, 3.63) is 83.4 Å². The highest BCUT2D eigenvalue weighted by atomic mass is 19.1. The highest BCUT2D eigenvalue weighted by Gasteiger charge is 2.23. The smallest absolute Gasteiger partial charge is 0.328 e. The summed E-state index contributed by atoms with van der Waals surface area (Å²) in [6.45, 7) is 4.17. The van der Waals surface area contributed by atoms with Crippen molar-refractivity contribution >= 4 is 11.7 Å². The van der Waals surface area contributed by atoms with Crippen molar-refractivity contribution < 1.29 is 13.9 Å². The predicted molar refractivity (Wildman–Crippen MR) is 125 cm³/mol. The van der Waals surface area contributed by atoms with Crippen LogP contribution < -0.4 is 5.32 Å². The summed E-state index contributed by atoms with van der Waals surface area (Å²) in [6.07, 6.45) is 5.30. The molecule has 0 aliphatic carbocycles. The third-order valence-corrected chi connectivity index (χ3v) is 6.01. The maximum Gasteiger partial charge on any atom is 0.328 e. The molecular formula is C27H29FN2O2. The first-order chi connectivity index (χ1) is 15.5. The van der Waals surface area contributed by atoms with Crippen LogP contribution in [0.25, 0.3) is 11.1 Å². The molecule has 166 valence electrons. The highest BCUT2D eigenvalue weighted by molar-refractivity contribution is 5.84. The normalized spacial score (nSPS) is 18.5. The standard InChI is InChI=1S/C27H29FN2O2/c1-3-32-27(31)26-10-5-4-9-22(24-13-11-18(2)17-29-24)19-7-6-8-20(15-19)23-16-21(28)12-14-25(23)30-26/h6-8,11-17,22,26,30H,3-5,9-10H2,1-2H3. The number of fused-ring (bicyclic) bond motifs is 4. The molecule has 0 amide bonds. The van der Waals surface area contributed by atoms with E-state index in [1.54, 1.807) is 13.0 Å². The minimum absolute atomic E-state index is 0.140. The van der Waals surface area contributed by atoms with E-state index in [9.17, 15) is 9.18 Å². The van der Waals surface area contributed by atoms with Crippen LogP contribution in [0, 0.1) is 12.7 Å². The second kappa shape index (κ2) is 9.94. The van der Waals surface area contributed by atoms with Crippen LogP contribution in [0.15, 0.2) is 60.8 Å². The maximum atomic E-state index is 14.2. The first-order valence-electron chi connectivity index (χ1n) is 11.3. The van der Waals surface area contributed by atoms with Crippen LogP contribution in [-0.4, -0.2) is 23.6 Å². The molecule has 0 saturated carbocycles. The molecule has 1 aliphatic heterocycles. The number of hydrogen-bond acceptors (Lipinski definition) is 4. The van der Waals surface area contributed by atoms with Gasteiger partial charge in [-0.3, -0.25) is 4.98 Å². The van der Waals surface area contributed by atoms with Gasteiger partial charge in [-0.1, -0.05) is 43.2 Å². The molecule has 1 aromatic heterocycles. The molecule has 5 heteroatoms. The predicted octanol–water partition coefficient (Wildman–Crippen LogP) is 6.25. The lowest BCUT2D eigenvalue weighted by molar-refractivity contribution is -0.144. The Morgan fingerprint density at radius 1 is 1.12 bits per heavy atom. The fourth-order valence-corrected chi connectivity index (χ4v) is 4.35. The Morgan fingerprint density at radius 2 is 1.97 bits per heavy atom. The lowest BCUT2D eigenvalue weighted by Gasteiger charge is -2.24. The SMILES string of the molecule is CCOC(=O)C1CCCCC(c2ccc(C)cn2)c2cccc(c2)-c2cc(F)ccc2N1. The van der Waals surface area contributed by atoms with Crippen molar-refractivity contribution in [1.82, 2.24) is 4.98 Å². The van der Waals surface area contributed by atoms with Crippen molar-refractivity contribution in [1.29, 1.82) is 0 Å². The number of benzene rings is 2. The number of aryl methyl sites for hydroxylation is 1. The lowest BCUT2D eigenvalue weighted by Crippen LogP contribution is -2.31. The summed E-state index contributed by atoms with van der Waals surface area (Å²) < 4.78 is 19.5. The molecule has 2 unspecified atom stereocenters. The van der Waals surface area contributed by atoms with Crippen molar-refractivity contribution in [3.63, 3.8) is 0 Å². The van der Waals surface area contributed by atoms with E-state index < -0.39 is 6.04 Å². The maximum absolute atomic E-state index is 14.2. The molecule has 1 aliphatic rings. The van der Waals surface area contributed by atoms with E-state index in [0.717, 1.165) is 52.9 Å². The number of aromatic nitrogens is 1. The topological polar surface area (TPSA) is 51.2 Å². The van der Waals surface area contributed by atoms with Gasteiger partial charge in [0.1, 0.15) is 11.9 Å². The fraction of sp³-hybridized carbons (Fsp3) is 0.333. The van der Waals surface area contributed by atoms with Crippen LogP contribution in [0.3, 0.4) is 0 Å². The van der Waals surface area contributed by atoms with Crippen LogP contribution in [0.1, 0.15) is 55.3 Å². The molecule has 1 N–H and O–H groups in total. The molecule has 0 radical (unpaired) electrons. The average Bonchev–Trinajstić information content (AvgIpc) is 2.79. The third kappa shape index (κ3) is 4.98. The lowest BCUT2D eigenvalue weighted by atomic mass is 9.87. The number of ether oxygens (including phenoxy) is 1. The van der Waals surface area contributed by atoms with Gasteiger partial charge in [0.25, 0.3) is 0 Å². The minimum Gasteiger partial charge on any atom is -0.464 e. The first kappa shape index (κ1) is 22.0. The van der Waals surface area contributed by atoms with E-state index in [4.69, 9.17) is 9.72 Å². The van der Waals surface area contributed by atoms with Gasteiger partial charge >= 0.3 is 5.97 Å². The number of carbonyl (C=O) groups is 1. The summed E-state index contributed by atoms with van der Waals surface area (Å²) in [6, 6.07) is 16.6. The fourth-order valence-electron chi connectivity index (χ4n) is 4.35. The Bertz CT molecular complexity index is 1080. The number of pyridine rings is 1. The molecule has 4 rings (SSSR count). The number of nitrogens with one attached hydrogen (secondary N) is 1. The van der Waals surface area contributed by atoms with Crippen molar-refractivity contribution in [2.45, 2.75) is 51.5 Å². The quantitative estimate of drug-likeness (QED) is 0.497. The van der Waals surface area contributed by atoms with Gasteiger partial charge in [0.15, 0.2) is 0 Å². The van der Waals surface area contributed by atoms with Gasteiger partial charge in [-0.05, 0) is 67.6 Å². The van der Waals surface area contributed by atoms with Gasteiger partial charge in [0, 0.05) is 29.1 Å². The molecule has 2 heterocycles. The Labute approximate surface area is 188 Å².